The largest absolute Gasteiger partial charge is 0.336 e. The van der Waals surface area contributed by atoms with Gasteiger partial charge in [0, 0.05) is 37.6 Å². The summed E-state index contributed by atoms with van der Waals surface area (Å²) in [6, 6.07) is 10.5. The van der Waals surface area contributed by atoms with Crippen LogP contribution < -0.4 is 16.0 Å². The van der Waals surface area contributed by atoms with E-state index in [1.54, 1.807) is 17.0 Å². The Hall–Kier alpha value is -3.20. The number of halogens is 2. The second-order valence-corrected chi connectivity index (χ2v) is 7.72. The van der Waals surface area contributed by atoms with Crippen LogP contribution in [0.15, 0.2) is 48.5 Å². The van der Waals surface area contributed by atoms with Gasteiger partial charge in [0.25, 0.3) is 0 Å². The molecule has 0 atom stereocenters. The molecule has 1 aliphatic heterocycles. The molecule has 0 radical (unpaired) electrons. The van der Waals surface area contributed by atoms with Gasteiger partial charge in [-0.2, -0.15) is 0 Å². The van der Waals surface area contributed by atoms with Gasteiger partial charge in [0.15, 0.2) is 0 Å². The van der Waals surface area contributed by atoms with Crippen LogP contribution in [-0.4, -0.2) is 61.1 Å². The van der Waals surface area contributed by atoms with Crippen LogP contribution in [0.2, 0.25) is 0 Å². The van der Waals surface area contributed by atoms with E-state index in [1.165, 1.54) is 42.8 Å². The molecule has 0 bridgehead atoms. The lowest BCUT2D eigenvalue weighted by Crippen LogP contribution is -2.45. The van der Waals surface area contributed by atoms with Gasteiger partial charge in [-0.25, -0.2) is 18.4 Å². The Morgan fingerprint density at radius 3 is 2.12 bits per heavy atom. The van der Waals surface area contributed by atoms with Crippen molar-refractivity contribution >= 4 is 23.4 Å². The second-order valence-electron chi connectivity index (χ2n) is 7.72. The zero-order chi connectivity index (χ0) is 22.8. The van der Waals surface area contributed by atoms with Crippen molar-refractivity contribution in [3.63, 3.8) is 0 Å². The molecule has 3 N–H and O–H groups in total. The first-order chi connectivity index (χ1) is 15.5. The average Bonchev–Trinajstić information content (AvgIpc) is 2.76. The Bertz CT molecular complexity index is 905. The van der Waals surface area contributed by atoms with E-state index in [0.717, 1.165) is 32.5 Å². The fourth-order valence-corrected chi connectivity index (χ4v) is 3.57. The number of amides is 4. The molecule has 1 fully saturated rings. The number of likely N-dealkylation sites (tertiary alicyclic amines) is 1. The molecule has 2 aromatic rings. The highest BCUT2D eigenvalue weighted by Crippen LogP contribution is 2.12. The molecule has 32 heavy (non-hydrogen) atoms. The number of hydrogen-bond acceptors (Lipinski definition) is 3. The first-order valence-corrected chi connectivity index (χ1v) is 10.8. The van der Waals surface area contributed by atoms with Crippen molar-refractivity contribution in [1.82, 2.24) is 15.1 Å². The summed E-state index contributed by atoms with van der Waals surface area (Å²) in [7, 11) is 0. The lowest BCUT2D eigenvalue weighted by molar-refractivity contribution is 0.181. The van der Waals surface area contributed by atoms with Gasteiger partial charge in [0.05, 0.1) is 0 Å². The minimum Gasteiger partial charge on any atom is -0.336 e. The van der Waals surface area contributed by atoms with Crippen molar-refractivity contribution in [2.45, 2.75) is 19.3 Å². The Balaban J connectivity index is 1.53. The van der Waals surface area contributed by atoms with Crippen molar-refractivity contribution in [2.24, 2.45) is 0 Å². The van der Waals surface area contributed by atoms with E-state index < -0.39 is 17.7 Å². The number of nitrogens with zero attached hydrogens (tertiary/aromatic N) is 2. The van der Waals surface area contributed by atoms with Gasteiger partial charge in [-0.05, 0) is 62.3 Å². The van der Waals surface area contributed by atoms with Crippen LogP contribution in [0, 0.1) is 11.6 Å². The summed E-state index contributed by atoms with van der Waals surface area (Å²) >= 11 is 0. The number of carbonyl (C=O) groups is 2. The summed E-state index contributed by atoms with van der Waals surface area (Å²) in [5, 5.41) is 7.95. The first-order valence-electron chi connectivity index (χ1n) is 10.8. The van der Waals surface area contributed by atoms with Crippen LogP contribution in [0.3, 0.4) is 0 Å². The summed E-state index contributed by atoms with van der Waals surface area (Å²) in [5.41, 5.74) is 0.711. The second kappa shape index (κ2) is 12.0. The van der Waals surface area contributed by atoms with Gasteiger partial charge >= 0.3 is 12.1 Å². The van der Waals surface area contributed by atoms with Gasteiger partial charge in [-0.15, -0.1) is 0 Å². The Labute approximate surface area is 186 Å². The molecule has 0 spiro atoms. The molecular formula is C23H29F2N5O2. The molecule has 172 valence electrons. The molecular weight excluding hydrogens is 416 g/mol. The third-order valence-electron chi connectivity index (χ3n) is 5.25. The molecule has 2 aromatic carbocycles. The summed E-state index contributed by atoms with van der Waals surface area (Å²) < 4.78 is 26.7. The lowest BCUT2D eigenvalue weighted by atomic mass is 10.1. The number of urea groups is 2. The standard InChI is InChI=1S/C23H29F2N5O2/c24-18-6-4-8-20(16-18)27-22(31)26-10-13-30(15-14-29-11-2-1-3-12-29)23(32)28-21-9-5-7-19(25)17-21/h4-9,16-17H,1-3,10-15H2,(H,28,32)(H2,26,27,31). The molecule has 1 saturated heterocycles. The zero-order valence-corrected chi connectivity index (χ0v) is 17.9. The molecule has 0 aliphatic carbocycles. The third-order valence-corrected chi connectivity index (χ3v) is 5.25. The molecule has 7 nitrogen and oxygen atoms in total. The topological polar surface area (TPSA) is 76.7 Å². The molecule has 0 saturated carbocycles. The van der Waals surface area contributed by atoms with Crippen LogP contribution in [0.5, 0.6) is 0 Å². The number of nitrogens with one attached hydrogen (secondary N) is 3. The zero-order valence-electron chi connectivity index (χ0n) is 17.9. The number of benzene rings is 2. The van der Waals surface area contributed by atoms with Gasteiger partial charge in [-0.3, -0.25) is 0 Å². The summed E-state index contributed by atoms with van der Waals surface area (Å²) in [6.45, 7) is 3.70. The van der Waals surface area contributed by atoms with Crippen LogP contribution in [0.25, 0.3) is 0 Å². The molecule has 3 rings (SSSR count). The molecule has 1 aliphatic rings. The predicted octanol–water partition coefficient (Wildman–Crippen LogP) is 4.11. The summed E-state index contributed by atoms with van der Waals surface area (Å²) in [6.07, 6.45) is 3.53. The average molecular weight is 446 g/mol. The molecule has 0 aromatic heterocycles. The minimum atomic E-state index is -0.489. The van der Waals surface area contributed by atoms with E-state index in [9.17, 15) is 18.4 Å². The normalized spacial score (nSPS) is 13.9. The van der Waals surface area contributed by atoms with Crippen molar-refractivity contribution in [3.8, 4) is 0 Å². The van der Waals surface area contributed by atoms with Crippen molar-refractivity contribution in [2.75, 3.05) is 49.9 Å². The number of anilines is 2. The van der Waals surface area contributed by atoms with Crippen LogP contribution in [-0.2, 0) is 0 Å². The highest BCUT2D eigenvalue weighted by atomic mass is 19.1. The molecule has 0 unspecified atom stereocenters. The van der Waals surface area contributed by atoms with E-state index in [1.807, 2.05) is 0 Å². The Morgan fingerprint density at radius 1 is 0.875 bits per heavy atom. The number of piperidine rings is 1. The van der Waals surface area contributed by atoms with E-state index in [2.05, 4.69) is 20.9 Å². The van der Waals surface area contributed by atoms with Crippen molar-refractivity contribution < 1.29 is 18.4 Å². The summed E-state index contributed by atoms with van der Waals surface area (Å²) in [4.78, 5) is 28.8. The van der Waals surface area contributed by atoms with Crippen LogP contribution in [0.1, 0.15) is 19.3 Å². The fourth-order valence-electron chi connectivity index (χ4n) is 3.57. The van der Waals surface area contributed by atoms with E-state index in [4.69, 9.17) is 0 Å². The Kier molecular flexibility index (Phi) is 8.79. The fraction of sp³-hybridized carbons (Fsp3) is 0.391. The van der Waals surface area contributed by atoms with Gasteiger partial charge in [0.1, 0.15) is 11.6 Å². The van der Waals surface area contributed by atoms with Crippen molar-refractivity contribution in [1.29, 1.82) is 0 Å². The first kappa shape index (κ1) is 23.5. The van der Waals surface area contributed by atoms with E-state index in [0.29, 0.717) is 17.9 Å². The maximum atomic E-state index is 13.5. The van der Waals surface area contributed by atoms with Crippen LogP contribution in [0.4, 0.5) is 29.7 Å². The van der Waals surface area contributed by atoms with E-state index in [-0.39, 0.29) is 19.1 Å². The van der Waals surface area contributed by atoms with Gasteiger partial charge in [-0.1, -0.05) is 18.6 Å². The monoisotopic (exact) mass is 445 g/mol. The maximum Gasteiger partial charge on any atom is 0.321 e. The highest BCUT2D eigenvalue weighted by molar-refractivity contribution is 5.90. The maximum absolute atomic E-state index is 13.5. The van der Waals surface area contributed by atoms with Crippen molar-refractivity contribution in [3.05, 3.63) is 60.2 Å². The number of rotatable bonds is 8. The van der Waals surface area contributed by atoms with Gasteiger partial charge < -0.3 is 25.8 Å². The molecule has 1 heterocycles. The van der Waals surface area contributed by atoms with Crippen LogP contribution >= 0.6 is 0 Å². The van der Waals surface area contributed by atoms with Gasteiger partial charge in [0.2, 0.25) is 0 Å². The SMILES string of the molecule is O=C(NCCN(CCN1CCCCC1)C(=O)Nc1cccc(F)c1)Nc1cccc(F)c1. The summed E-state index contributed by atoms with van der Waals surface area (Å²) in [5.74, 6) is -0.876. The number of hydrogen-bond donors (Lipinski definition) is 3. The predicted molar refractivity (Wildman–Crippen MR) is 121 cm³/mol. The minimum absolute atomic E-state index is 0.206. The highest BCUT2D eigenvalue weighted by Gasteiger charge is 2.17. The molecule has 4 amide bonds. The third kappa shape index (κ3) is 7.81. The smallest absolute Gasteiger partial charge is 0.321 e. The number of carbonyl (C=O) groups excluding carboxylic acids is 2. The lowest BCUT2D eigenvalue weighted by Gasteiger charge is -2.30. The quantitative estimate of drug-likeness (QED) is 0.573. The Morgan fingerprint density at radius 2 is 1.50 bits per heavy atom. The molecule has 9 heteroatoms. The van der Waals surface area contributed by atoms with E-state index >= 15 is 0 Å².